The Hall–Kier alpha value is -3.06. The van der Waals surface area contributed by atoms with E-state index in [1.54, 1.807) is 12.1 Å². The first-order valence-electron chi connectivity index (χ1n) is 8.44. The molecule has 2 N–H and O–H groups in total. The van der Waals surface area contributed by atoms with Crippen molar-refractivity contribution in [1.29, 1.82) is 0 Å². The summed E-state index contributed by atoms with van der Waals surface area (Å²) in [6.07, 6.45) is 0. The first-order valence-corrected chi connectivity index (χ1v) is 8.82. The summed E-state index contributed by atoms with van der Waals surface area (Å²) in [5.74, 6) is -1.46. The van der Waals surface area contributed by atoms with Gasteiger partial charge in [0.25, 0.3) is 0 Å². The van der Waals surface area contributed by atoms with Crippen molar-refractivity contribution in [3.63, 3.8) is 0 Å². The zero-order valence-electron chi connectivity index (χ0n) is 15.7. The van der Waals surface area contributed by atoms with Crippen LogP contribution in [-0.4, -0.2) is 38.6 Å². The Bertz CT molecular complexity index is 833. The maximum Gasteiger partial charge on any atom is 0.337 e. The van der Waals surface area contributed by atoms with Crippen molar-refractivity contribution >= 4 is 35.1 Å². The first-order chi connectivity index (χ1) is 13.3. The Morgan fingerprint density at radius 3 is 2.00 bits per heavy atom. The van der Waals surface area contributed by atoms with Crippen LogP contribution in [0.25, 0.3) is 0 Å². The van der Waals surface area contributed by atoms with Gasteiger partial charge in [-0.05, 0) is 42.8 Å². The van der Waals surface area contributed by atoms with Crippen molar-refractivity contribution in [1.82, 2.24) is 5.32 Å². The summed E-state index contributed by atoms with van der Waals surface area (Å²) in [4.78, 5) is 35.8. The van der Waals surface area contributed by atoms with Crippen LogP contribution in [0, 0.1) is 0 Å². The van der Waals surface area contributed by atoms with E-state index < -0.39 is 11.9 Å². The van der Waals surface area contributed by atoms with Crippen LogP contribution in [0.5, 0.6) is 0 Å². The Morgan fingerprint density at radius 1 is 0.964 bits per heavy atom. The Kier molecular flexibility index (Phi) is 7.40. The van der Waals surface area contributed by atoms with Gasteiger partial charge in [0.2, 0.25) is 5.91 Å². The number of halogens is 1. The van der Waals surface area contributed by atoms with E-state index in [1.807, 2.05) is 19.1 Å². The minimum Gasteiger partial charge on any atom is -0.465 e. The molecule has 0 aliphatic carbocycles. The van der Waals surface area contributed by atoms with Gasteiger partial charge in [0.1, 0.15) is 0 Å². The average molecular weight is 405 g/mol. The normalized spacial score (nSPS) is 11.3. The molecular weight excluding hydrogens is 384 g/mol. The topological polar surface area (TPSA) is 93.7 Å². The number of carbonyl (C=O) groups excluding carboxylic acids is 3. The minimum atomic E-state index is -0.602. The maximum absolute atomic E-state index is 12.2. The molecule has 0 bridgehead atoms. The van der Waals surface area contributed by atoms with Crippen LogP contribution in [0.15, 0.2) is 42.5 Å². The number of ether oxygens (including phenoxy) is 2. The zero-order valence-corrected chi connectivity index (χ0v) is 16.5. The van der Waals surface area contributed by atoms with Gasteiger partial charge in [0, 0.05) is 10.7 Å². The summed E-state index contributed by atoms with van der Waals surface area (Å²) in [5, 5.41) is 6.38. The monoisotopic (exact) mass is 404 g/mol. The second-order valence-electron chi connectivity index (χ2n) is 5.98. The van der Waals surface area contributed by atoms with E-state index in [9.17, 15) is 14.4 Å². The average Bonchev–Trinajstić information content (AvgIpc) is 2.71. The molecule has 0 aliphatic heterocycles. The lowest BCUT2D eigenvalue weighted by Crippen LogP contribution is -2.32. The molecule has 28 heavy (non-hydrogen) atoms. The smallest absolute Gasteiger partial charge is 0.337 e. The Morgan fingerprint density at radius 2 is 1.50 bits per heavy atom. The second-order valence-corrected chi connectivity index (χ2v) is 6.41. The zero-order chi connectivity index (χ0) is 20.7. The molecule has 0 saturated carbocycles. The van der Waals surface area contributed by atoms with E-state index >= 15 is 0 Å². The molecule has 0 heterocycles. The summed E-state index contributed by atoms with van der Waals surface area (Å²) in [5.41, 5.74) is 1.67. The number of carbonyl (C=O) groups is 3. The molecule has 2 rings (SSSR count). The number of benzene rings is 2. The maximum atomic E-state index is 12.2. The summed E-state index contributed by atoms with van der Waals surface area (Å²) in [6.45, 7) is 1.80. The second kappa shape index (κ2) is 9.75. The number of hydrogen-bond acceptors (Lipinski definition) is 6. The molecule has 1 unspecified atom stereocenters. The number of esters is 2. The molecule has 2 aromatic rings. The number of hydrogen-bond donors (Lipinski definition) is 2. The summed E-state index contributed by atoms with van der Waals surface area (Å²) >= 11 is 5.87. The molecule has 148 valence electrons. The van der Waals surface area contributed by atoms with Crippen LogP contribution < -0.4 is 10.6 Å². The van der Waals surface area contributed by atoms with Gasteiger partial charge in [0.05, 0.1) is 37.9 Å². The molecule has 0 fully saturated rings. The van der Waals surface area contributed by atoms with Crippen LogP contribution in [-0.2, 0) is 14.3 Å². The fourth-order valence-corrected chi connectivity index (χ4v) is 2.64. The van der Waals surface area contributed by atoms with E-state index in [1.165, 1.54) is 32.4 Å². The van der Waals surface area contributed by atoms with E-state index in [-0.39, 0.29) is 29.6 Å². The molecule has 1 amide bonds. The molecule has 2 aromatic carbocycles. The van der Waals surface area contributed by atoms with E-state index in [4.69, 9.17) is 11.6 Å². The van der Waals surface area contributed by atoms with E-state index in [0.717, 1.165) is 5.56 Å². The van der Waals surface area contributed by atoms with Gasteiger partial charge in [-0.3, -0.25) is 4.79 Å². The minimum absolute atomic E-state index is 0.0524. The molecule has 0 saturated heterocycles. The van der Waals surface area contributed by atoms with Crippen LogP contribution in [0.4, 0.5) is 5.69 Å². The van der Waals surface area contributed by atoms with Gasteiger partial charge < -0.3 is 20.1 Å². The first kappa shape index (κ1) is 21.2. The van der Waals surface area contributed by atoms with Crippen LogP contribution in [0.2, 0.25) is 5.02 Å². The lowest BCUT2D eigenvalue weighted by atomic mass is 10.1. The number of amides is 1. The highest BCUT2D eigenvalue weighted by Crippen LogP contribution is 2.18. The quantitative estimate of drug-likeness (QED) is 0.688. The Labute approximate surface area is 168 Å². The number of nitrogens with one attached hydrogen (secondary N) is 2. The van der Waals surface area contributed by atoms with Crippen molar-refractivity contribution in [2.75, 3.05) is 26.1 Å². The molecule has 0 aromatic heterocycles. The van der Waals surface area contributed by atoms with Gasteiger partial charge in [-0.25, -0.2) is 9.59 Å². The molecule has 0 radical (unpaired) electrons. The molecule has 0 spiro atoms. The molecular formula is C20H21ClN2O5. The molecule has 7 nitrogen and oxygen atoms in total. The van der Waals surface area contributed by atoms with Gasteiger partial charge in [0.15, 0.2) is 0 Å². The SMILES string of the molecule is COC(=O)c1cc(NCC(=O)NC(C)c2ccc(Cl)cc2)cc(C(=O)OC)c1. The standard InChI is InChI=1S/C20H21ClN2O5/c1-12(13-4-6-16(21)7-5-13)23-18(24)11-22-17-9-14(19(25)27-2)8-15(10-17)20(26)28-3/h4-10,12,22H,11H2,1-3H3,(H,23,24). The van der Waals surface area contributed by atoms with Crippen molar-refractivity contribution in [3.8, 4) is 0 Å². The van der Waals surface area contributed by atoms with Gasteiger partial charge in [-0.1, -0.05) is 23.7 Å². The third kappa shape index (κ3) is 5.72. The van der Waals surface area contributed by atoms with Crippen LogP contribution >= 0.6 is 11.6 Å². The number of anilines is 1. The number of rotatable bonds is 7. The van der Waals surface area contributed by atoms with Crippen molar-refractivity contribution in [3.05, 3.63) is 64.2 Å². The van der Waals surface area contributed by atoms with Crippen LogP contribution in [0.3, 0.4) is 0 Å². The third-order valence-corrected chi connectivity index (χ3v) is 4.23. The molecule has 0 aliphatic rings. The lowest BCUT2D eigenvalue weighted by molar-refractivity contribution is -0.120. The largest absolute Gasteiger partial charge is 0.465 e. The van der Waals surface area contributed by atoms with Crippen LogP contribution in [0.1, 0.15) is 39.2 Å². The fraction of sp³-hybridized carbons (Fsp3) is 0.250. The molecule has 1 atom stereocenters. The fourth-order valence-electron chi connectivity index (χ4n) is 2.51. The highest BCUT2D eigenvalue weighted by atomic mass is 35.5. The predicted octanol–water partition coefficient (Wildman–Crippen LogP) is 3.20. The summed E-state index contributed by atoms with van der Waals surface area (Å²) in [6, 6.07) is 11.3. The predicted molar refractivity (Wildman–Crippen MR) is 106 cm³/mol. The summed E-state index contributed by atoms with van der Waals surface area (Å²) < 4.78 is 9.38. The van der Waals surface area contributed by atoms with Gasteiger partial charge in [-0.15, -0.1) is 0 Å². The van der Waals surface area contributed by atoms with Crippen molar-refractivity contribution in [2.24, 2.45) is 0 Å². The third-order valence-electron chi connectivity index (χ3n) is 3.98. The lowest BCUT2D eigenvalue weighted by Gasteiger charge is -2.15. The van der Waals surface area contributed by atoms with Gasteiger partial charge >= 0.3 is 11.9 Å². The summed E-state index contributed by atoms with van der Waals surface area (Å²) in [7, 11) is 2.48. The van der Waals surface area contributed by atoms with Crippen molar-refractivity contribution in [2.45, 2.75) is 13.0 Å². The number of methoxy groups -OCH3 is 2. The highest BCUT2D eigenvalue weighted by Gasteiger charge is 2.15. The van der Waals surface area contributed by atoms with Crippen molar-refractivity contribution < 1.29 is 23.9 Å². The van der Waals surface area contributed by atoms with E-state index in [0.29, 0.717) is 10.7 Å². The van der Waals surface area contributed by atoms with Gasteiger partial charge in [-0.2, -0.15) is 0 Å². The van der Waals surface area contributed by atoms with E-state index in [2.05, 4.69) is 20.1 Å². The highest BCUT2D eigenvalue weighted by molar-refractivity contribution is 6.30. The molecule has 8 heteroatoms. The Balaban J connectivity index is 2.05.